The van der Waals surface area contributed by atoms with Gasteiger partial charge >= 0.3 is 0 Å². The van der Waals surface area contributed by atoms with Crippen molar-refractivity contribution in [1.29, 1.82) is 0 Å². The van der Waals surface area contributed by atoms with E-state index in [0.717, 1.165) is 0 Å². The first-order chi connectivity index (χ1) is 15.8. The Morgan fingerprint density at radius 3 is 2.45 bits per heavy atom. The molecule has 1 aromatic heterocycles. The summed E-state index contributed by atoms with van der Waals surface area (Å²) in [4.78, 5) is 42.9. The van der Waals surface area contributed by atoms with Gasteiger partial charge in [0.25, 0.3) is 11.7 Å². The number of amides is 2. The third kappa shape index (κ3) is 4.10. The second kappa shape index (κ2) is 8.66. The highest BCUT2D eigenvalue weighted by Gasteiger charge is 2.47. The van der Waals surface area contributed by atoms with Crippen molar-refractivity contribution in [2.75, 3.05) is 10.2 Å². The number of ketones is 1. The highest BCUT2D eigenvalue weighted by molar-refractivity contribution is 6.51. The molecule has 166 valence electrons. The Kier molecular flexibility index (Phi) is 5.74. The molecule has 3 aromatic rings. The molecular weight excluding hydrogens is 425 g/mol. The first kappa shape index (κ1) is 21.9. The van der Waals surface area contributed by atoms with Gasteiger partial charge < -0.3 is 10.4 Å². The summed E-state index contributed by atoms with van der Waals surface area (Å²) in [6, 6.07) is 12.8. The maximum absolute atomic E-state index is 13.8. The van der Waals surface area contributed by atoms with E-state index in [1.54, 1.807) is 49.5 Å². The number of aryl methyl sites for hydroxylation is 1. The molecule has 1 aliphatic rings. The molecule has 33 heavy (non-hydrogen) atoms. The second-order valence-electron chi connectivity index (χ2n) is 7.65. The van der Waals surface area contributed by atoms with Crippen molar-refractivity contribution in [3.63, 3.8) is 0 Å². The average Bonchev–Trinajstić information content (AvgIpc) is 3.06. The molecule has 1 unspecified atom stereocenters. The number of aromatic nitrogens is 1. The molecular formula is C25H20FN3O4. The van der Waals surface area contributed by atoms with Crippen LogP contribution in [0.3, 0.4) is 0 Å². The van der Waals surface area contributed by atoms with Gasteiger partial charge in [0, 0.05) is 36.3 Å². The maximum Gasteiger partial charge on any atom is 0.300 e. The summed E-state index contributed by atoms with van der Waals surface area (Å²) in [5.74, 6) is -2.78. The molecule has 0 aliphatic carbocycles. The van der Waals surface area contributed by atoms with Crippen LogP contribution >= 0.6 is 0 Å². The largest absolute Gasteiger partial charge is 0.507 e. The third-order valence-electron chi connectivity index (χ3n) is 5.34. The normalized spacial score (nSPS) is 17.3. The Morgan fingerprint density at radius 1 is 1.12 bits per heavy atom. The van der Waals surface area contributed by atoms with Gasteiger partial charge in [-0.15, -0.1) is 0 Å². The first-order valence-electron chi connectivity index (χ1n) is 10.1. The Labute approximate surface area is 189 Å². The van der Waals surface area contributed by atoms with E-state index in [2.05, 4.69) is 10.3 Å². The van der Waals surface area contributed by atoms with E-state index in [1.807, 2.05) is 0 Å². The monoisotopic (exact) mass is 445 g/mol. The molecule has 0 bridgehead atoms. The number of carbonyl (C=O) groups is 3. The van der Waals surface area contributed by atoms with Crippen LogP contribution in [0.4, 0.5) is 15.8 Å². The molecule has 0 saturated carbocycles. The topological polar surface area (TPSA) is 99.6 Å². The molecule has 1 fully saturated rings. The van der Waals surface area contributed by atoms with E-state index in [4.69, 9.17) is 0 Å². The van der Waals surface area contributed by atoms with E-state index in [1.165, 1.54) is 36.2 Å². The molecule has 1 aliphatic heterocycles. The van der Waals surface area contributed by atoms with Crippen molar-refractivity contribution >= 4 is 34.7 Å². The van der Waals surface area contributed by atoms with Gasteiger partial charge in [0.1, 0.15) is 11.6 Å². The van der Waals surface area contributed by atoms with E-state index in [0.29, 0.717) is 22.5 Å². The number of nitrogens with zero attached hydrogens (tertiary/aromatic N) is 2. The van der Waals surface area contributed by atoms with Gasteiger partial charge in [-0.05, 0) is 66.6 Å². The van der Waals surface area contributed by atoms with Gasteiger partial charge in [0.2, 0.25) is 5.91 Å². The number of halogens is 1. The van der Waals surface area contributed by atoms with E-state index < -0.39 is 29.3 Å². The highest BCUT2D eigenvalue weighted by atomic mass is 19.1. The van der Waals surface area contributed by atoms with Crippen LogP contribution in [-0.2, 0) is 14.4 Å². The number of hydrogen-bond acceptors (Lipinski definition) is 5. The number of hydrogen-bond donors (Lipinski definition) is 2. The summed E-state index contributed by atoms with van der Waals surface area (Å²) in [5.41, 5.74) is 1.84. The van der Waals surface area contributed by atoms with Gasteiger partial charge in [-0.25, -0.2) is 4.39 Å². The highest BCUT2D eigenvalue weighted by Crippen LogP contribution is 2.42. The lowest BCUT2D eigenvalue weighted by Crippen LogP contribution is -2.29. The fraction of sp³-hybridized carbons (Fsp3) is 0.120. The maximum atomic E-state index is 13.8. The third-order valence-corrected chi connectivity index (χ3v) is 5.34. The quantitative estimate of drug-likeness (QED) is 0.358. The Balaban J connectivity index is 1.87. The van der Waals surface area contributed by atoms with Crippen molar-refractivity contribution in [2.45, 2.75) is 19.9 Å². The number of aliphatic hydroxyl groups excluding tert-OH is 1. The number of benzene rings is 2. The molecule has 0 spiro atoms. The molecule has 8 heteroatoms. The summed E-state index contributed by atoms with van der Waals surface area (Å²) in [7, 11) is 0. The van der Waals surface area contributed by atoms with Gasteiger partial charge in [0.15, 0.2) is 0 Å². The minimum absolute atomic E-state index is 0.120. The fourth-order valence-corrected chi connectivity index (χ4v) is 3.81. The van der Waals surface area contributed by atoms with Crippen LogP contribution in [0, 0.1) is 12.7 Å². The zero-order valence-electron chi connectivity index (χ0n) is 17.9. The van der Waals surface area contributed by atoms with Gasteiger partial charge in [-0.3, -0.25) is 24.3 Å². The van der Waals surface area contributed by atoms with E-state index >= 15 is 0 Å². The molecule has 7 nitrogen and oxygen atoms in total. The lowest BCUT2D eigenvalue weighted by Gasteiger charge is -2.25. The number of pyridine rings is 1. The van der Waals surface area contributed by atoms with Gasteiger partial charge in [-0.1, -0.05) is 6.07 Å². The van der Waals surface area contributed by atoms with E-state index in [-0.39, 0.29) is 17.0 Å². The van der Waals surface area contributed by atoms with Crippen molar-refractivity contribution in [1.82, 2.24) is 4.98 Å². The second-order valence-corrected chi connectivity index (χ2v) is 7.65. The zero-order chi connectivity index (χ0) is 23.7. The van der Waals surface area contributed by atoms with E-state index in [9.17, 15) is 23.9 Å². The van der Waals surface area contributed by atoms with Crippen LogP contribution in [0.5, 0.6) is 0 Å². The number of carbonyl (C=O) groups excluding carboxylic acids is 3. The SMILES string of the molecule is CC(=O)Nc1ccc(N2C(=O)C(=O)/C(=C(\O)c3ccc(F)c(C)c3)C2c2cccnc2)cc1. The number of aliphatic hydroxyl groups is 1. The van der Waals surface area contributed by atoms with Crippen LogP contribution < -0.4 is 10.2 Å². The predicted molar refractivity (Wildman–Crippen MR) is 121 cm³/mol. The smallest absolute Gasteiger partial charge is 0.300 e. The predicted octanol–water partition coefficient (Wildman–Crippen LogP) is 4.11. The standard InChI is InChI=1S/C25H20FN3O4/c1-14-12-16(5-10-20(14)26)23(31)21-22(17-4-3-11-27-13-17)29(25(33)24(21)32)19-8-6-18(7-9-19)28-15(2)30/h3-13,22,31H,1-2H3,(H,28,30)/b23-21-. The van der Waals surface area contributed by atoms with Crippen LogP contribution in [0.2, 0.25) is 0 Å². The van der Waals surface area contributed by atoms with Crippen molar-refractivity contribution < 1.29 is 23.9 Å². The van der Waals surface area contributed by atoms with Gasteiger partial charge in [0.05, 0.1) is 11.6 Å². The molecule has 0 radical (unpaired) electrons. The Hall–Kier alpha value is -4.33. The van der Waals surface area contributed by atoms with Crippen molar-refractivity contribution in [2.24, 2.45) is 0 Å². The lowest BCUT2D eigenvalue weighted by atomic mass is 9.95. The minimum atomic E-state index is -0.948. The number of rotatable bonds is 4. The average molecular weight is 445 g/mol. The van der Waals surface area contributed by atoms with Crippen molar-refractivity contribution in [3.05, 3.63) is 95.1 Å². The number of Topliss-reactive ketones (excluding diaryl/α,β-unsaturated/α-hetero) is 1. The summed E-state index contributed by atoms with van der Waals surface area (Å²) in [5, 5.41) is 13.7. The molecule has 2 amide bonds. The molecule has 2 N–H and O–H groups in total. The fourth-order valence-electron chi connectivity index (χ4n) is 3.81. The van der Waals surface area contributed by atoms with Crippen LogP contribution in [0.15, 0.2) is 72.6 Å². The van der Waals surface area contributed by atoms with Crippen LogP contribution in [0.25, 0.3) is 5.76 Å². The minimum Gasteiger partial charge on any atom is -0.507 e. The molecule has 4 rings (SSSR count). The first-order valence-corrected chi connectivity index (χ1v) is 10.1. The summed E-state index contributed by atoms with van der Waals surface area (Å²) >= 11 is 0. The molecule has 2 heterocycles. The zero-order valence-corrected chi connectivity index (χ0v) is 17.9. The summed E-state index contributed by atoms with van der Waals surface area (Å²) in [6.45, 7) is 2.92. The van der Waals surface area contributed by atoms with Gasteiger partial charge in [-0.2, -0.15) is 0 Å². The Morgan fingerprint density at radius 2 is 1.85 bits per heavy atom. The summed E-state index contributed by atoms with van der Waals surface area (Å²) < 4.78 is 13.8. The van der Waals surface area contributed by atoms with Crippen molar-refractivity contribution in [3.8, 4) is 0 Å². The molecule has 1 saturated heterocycles. The number of anilines is 2. The number of nitrogens with one attached hydrogen (secondary N) is 1. The summed E-state index contributed by atoms with van der Waals surface area (Å²) in [6.07, 6.45) is 3.07. The molecule has 2 aromatic carbocycles. The van der Waals surface area contributed by atoms with Crippen LogP contribution in [0.1, 0.15) is 29.7 Å². The Bertz CT molecular complexity index is 1290. The van der Waals surface area contributed by atoms with Crippen LogP contribution in [-0.4, -0.2) is 27.7 Å². The lowest BCUT2D eigenvalue weighted by molar-refractivity contribution is -0.132. The molecule has 1 atom stereocenters.